The number of rotatable bonds is 6. The predicted molar refractivity (Wildman–Crippen MR) is 78.9 cm³/mol. The van der Waals surface area contributed by atoms with Crippen molar-refractivity contribution >= 4 is 5.91 Å². The van der Waals surface area contributed by atoms with E-state index in [0.29, 0.717) is 18.7 Å². The van der Waals surface area contributed by atoms with Crippen LogP contribution >= 0.6 is 0 Å². The summed E-state index contributed by atoms with van der Waals surface area (Å²) in [6.07, 6.45) is 5.64. The number of benzene rings is 1. The van der Waals surface area contributed by atoms with Gasteiger partial charge in [-0.2, -0.15) is 5.10 Å². The zero-order valence-corrected chi connectivity index (χ0v) is 11.8. The van der Waals surface area contributed by atoms with E-state index in [2.05, 4.69) is 10.4 Å². The Kier molecular flexibility index (Phi) is 3.75. The molecule has 1 aromatic carbocycles. The molecule has 0 spiro atoms. The van der Waals surface area contributed by atoms with Gasteiger partial charge in [-0.15, -0.1) is 0 Å². The van der Waals surface area contributed by atoms with Crippen molar-refractivity contribution in [1.29, 1.82) is 0 Å². The molecular formula is C16H19N3O2. The minimum Gasteiger partial charge on any atom is -0.396 e. The Labute approximate surface area is 123 Å². The SMILES string of the molecule is O=C(NCC1(CO)CC1)c1ccc(Cn2cccn2)cc1. The molecule has 110 valence electrons. The molecule has 0 aliphatic heterocycles. The van der Waals surface area contributed by atoms with Crippen molar-refractivity contribution in [3.63, 3.8) is 0 Å². The normalized spacial score (nSPS) is 15.7. The number of carbonyl (C=O) groups is 1. The topological polar surface area (TPSA) is 67.2 Å². The van der Waals surface area contributed by atoms with Crippen molar-refractivity contribution < 1.29 is 9.90 Å². The molecule has 2 N–H and O–H groups in total. The lowest BCUT2D eigenvalue weighted by atomic mass is 10.1. The molecule has 3 rings (SSSR count). The van der Waals surface area contributed by atoms with Gasteiger partial charge in [0.25, 0.3) is 5.91 Å². The van der Waals surface area contributed by atoms with Crippen LogP contribution in [0.3, 0.4) is 0 Å². The van der Waals surface area contributed by atoms with Crippen LogP contribution in [0, 0.1) is 5.41 Å². The molecule has 1 aliphatic rings. The Morgan fingerprint density at radius 1 is 1.33 bits per heavy atom. The maximum atomic E-state index is 12.1. The third kappa shape index (κ3) is 3.31. The highest BCUT2D eigenvalue weighted by atomic mass is 16.3. The summed E-state index contributed by atoms with van der Waals surface area (Å²) >= 11 is 0. The zero-order valence-electron chi connectivity index (χ0n) is 11.8. The van der Waals surface area contributed by atoms with E-state index in [1.54, 1.807) is 6.20 Å². The lowest BCUT2D eigenvalue weighted by Gasteiger charge is -2.12. The molecule has 5 heteroatoms. The fourth-order valence-corrected chi connectivity index (χ4v) is 2.28. The van der Waals surface area contributed by atoms with Crippen molar-refractivity contribution in [2.24, 2.45) is 5.41 Å². The first kappa shape index (κ1) is 13.8. The molecule has 0 unspecified atom stereocenters. The van der Waals surface area contributed by atoms with Crippen LogP contribution in [0.2, 0.25) is 0 Å². The highest BCUT2D eigenvalue weighted by Gasteiger charge is 2.42. The Hall–Kier alpha value is -2.14. The minimum atomic E-state index is -0.0830. The highest BCUT2D eigenvalue weighted by Crippen LogP contribution is 2.44. The van der Waals surface area contributed by atoms with Crippen LogP contribution in [0.1, 0.15) is 28.8 Å². The second-order valence-corrected chi connectivity index (χ2v) is 5.74. The number of amides is 1. The van der Waals surface area contributed by atoms with Gasteiger partial charge in [-0.25, -0.2) is 0 Å². The molecule has 0 saturated heterocycles. The molecule has 5 nitrogen and oxygen atoms in total. The standard InChI is InChI=1S/C16H19N3O2/c20-12-16(6-7-16)11-17-15(21)14-4-2-13(3-5-14)10-19-9-1-8-18-19/h1-5,8-9,20H,6-7,10-12H2,(H,17,21). The fraction of sp³-hybridized carbons (Fsp3) is 0.375. The third-order valence-corrected chi connectivity index (χ3v) is 4.04. The minimum absolute atomic E-state index is 0.0598. The smallest absolute Gasteiger partial charge is 0.251 e. The fourth-order valence-electron chi connectivity index (χ4n) is 2.28. The van der Waals surface area contributed by atoms with Gasteiger partial charge in [0, 0.05) is 29.9 Å². The summed E-state index contributed by atoms with van der Waals surface area (Å²) in [5, 5.41) is 16.3. The molecule has 1 saturated carbocycles. The first-order valence-corrected chi connectivity index (χ1v) is 7.16. The molecule has 1 fully saturated rings. The molecule has 1 amide bonds. The van der Waals surface area contributed by atoms with Gasteiger partial charge in [-0.1, -0.05) is 12.1 Å². The van der Waals surface area contributed by atoms with Gasteiger partial charge >= 0.3 is 0 Å². The van der Waals surface area contributed by atoms with E-state index in [1.807, 2.05) is 41.2 Å². The Bertz CT molecular complexity index is 601. The van der Waals surface area contributed by atoms with Crippen molar-refractivity contribution in [3.8, 4) is 0 Å². The molecule has 0 radical (unpaired) electrons. The maximum absolute atomic E-state index is 12.1. The van der Waals surface area contributed by atoms with Gasteiger partial charge in [0.1, 0.15) is 0 Å². The first-order valence-electron chi connectivity index (χ1n) is 7.16. The maximum Gasteiger partial charge on any atom is 0.251 e. The van der Waals surface area contributed by atoms with E-state index in [9.17, 15) is 9.90 Å². The number of hydrogen-bond donors (Lipinski definition) is 2. The van der Waals surface area contributed by atoms with Gasteiger partial charge in [0.05, 0.1) is 13.2 Å². The van der Waals surface area contributed by atoms with Crippen LogP contribution in [0.15, 0.2) is 42.7 Å². The van der Waals surface area contributed by atoms with E-state index >= 15 is 0 Å². The summed E-state index contributed by atoms with van der Waals surface area (Å²) in [5.41, 5.74) is 1.69. The van der Waals surface area contributed by atoms with Crippen LogP contribution in [0.4, 0.5) is 0 Å². The van der Waals surface area contributed by atoms with Crippen molar-refractivity contribution in [2.75, 3.05) is 13.2 Å². The van der Waals surface area contributed by atoms with Crippen LogP contribution in [0.25, 0.3) is 0 Å². The van der Waals surface area contributed by atoms with Crippen molar-refractivity contribution in [3.05, 3.63) is 53.9 Å². The molecule has 2 aromatic rings. The summed E-state index contributed by atoms with van der Waals surface area (Å²) < 4.78 is 1.84. The number of aromatic nitrogens is 2. The van der Waals surface area contributed by atoms with E-state index in [-0.39, 0.29) is 17.9 Å². The number of aliphatic hydroxyl groups is 1. The first-order chi connectivity index (χ1) is 10.2. The van der Waals surface area contributed by atoms with Crippen LogP contribution < -0.4 is 5.32 Å². The molecule has 1 heterocycles. The third-order valence-electron chi connectivity index (χ3n) is 4.04. The largest absolute Gasteiger partial charge is 0.396 e. The van der Waals surface area contributed by atoms with Crippen LogP contribution in [-0.4, -0.2) is 33.9 Å². The molecule has 0 atom stereocenters. The van der Waals surface area contributed by atoms with Gasteiger partial charge in [0.15, 0.2) is 0 Å². The molecule has 1 aromatic heterocycles. The second kappa shape index (κ2) is 5.69. The summed E-state index contributed by atoms with van der Waals surface area (Å²) in [6, 6.07) is 9.42. The number of nitrogens with one attached hydrogen (secondary N) is 1. The summed E-state index contributed by atoms with van der Waals surface area (Å²) in [5.74, 6) is -0.0830. The molecule has 0 bridgehead atoms. The van der Waals surface area contributed by atoms with Gasteiger partial charge in [-0.05, 0) is 36.6 Å². The van der Waals surface area contributed by atoms with Crippen molar-refractivity contribution in [1.82, 2.24) is 15.1 Å². The summed E-state index contributed by atoms with van der Waals surface area (Å²) in [7, 11) is 0. The summed E-state index contributed by atoms with van der Waals surface area (Å²) in [6.45, 7) is 1.40. The molecule has 21 heavy (non-hydrogen) atoms. The number of carbonyl (C=O) groups excluding carboxylic acids is 1. The van der Waals surface area contributed by atoms with E-state index in [0.717, 1.165) is 18.4 Å². The monoisotopic (exact) mass is 285 g/mol. The average molecular weight is 285 g/mol. The Balaban J connectivity index is 1.57. The quantitative estimate of drug-likeness (QED) is 0.844. The lowest BCUT2D eigenvalue weighted by molar-refractivity contribution is 0.0935. The van der Waals surface area contributed by atoms with Crippen LogP contribution in [0.5, 0.6) is 0 Å². The lowest BCUT2D eigenvalue weighted by Crippen LogP contribution is -2.31. The predicted octanol–water partition coefficient (Wildman–Crippen LogP) is 1.43. The van der Waals surface area contributed by atoms with Gasteiger partial charge in [-0.3, -0.25) is 9.48 Å². The number of aliphatic hydroxyl groups excluding tert-OH is 1. The van der Waals surface area contributed by atoms with Crippen molar-refractivity contribution in [2.45, 2.75) is 19.4 Å². The van der Waals surface area contributed by atoms with E-state index in [4.69, 9.17) is 0 Å². The Morgan fingerprint density at radius 3 is 2.67 bits per heavy atom. The van der Waals surface area contributed by atoms with Gasteiger partial charge in [0.2, 0.25) is 0 Å². The van der Waals surface area contributed by atoms with E-state index in [1.165, 1.54) is 0 Å². The van der Waals surface area contributed by atoms with Crippen LogP contribution in [-0.2, 0) is 6.54 Å². The average Bonchev–Trinajstić information content (AvgIpc) is 3.13. The zero-order chi connectivity index (χ0) is 14.7. The molecular weight excluding hydrogens is 266 g/mol. The second-order valence-electron chi connectivity index (χ2n) is 5.74. The van der Waals surface area contributed by atoms with Gasteiger partial charge < -0.3 is 10.4 Å². The number of hydrogen-bond acceptors (Lipinski definition) is 3. The summed E-state index contributed by atoms with van der Waals surface area (Å²) in [4.78, 5) is 12.1. The van der Waals surface area contributed by atoms with E-state index < -0.39 is 0 Å². The number of nitrogens with zero attached hydrogens (tertiary/aromatic N) is 2. The highest BCUT2D eigenvalue weighted by molar-refractivity contribution is 5.94. The Morgan fingerprint density at radius 2 is 2.10 bits per heavy atom. The molecule has 1 aliphatic carbocycles.